The summed E-state index contributed by atoms with van der Waals surface area (Å²) >= 11 is 0. The van der Waals surface area contributed by atoms with Crippen molar-refractivity contribution in [2.45, 2.75) is 20.0 Å². The van der Waals surface area contributed by atoms with Crippen molar-refractivity contribution in [1.82, 2.24) is 9.78 Å². The molecule has 3 heteroatoms. The van der Waals surface area contributed by atoms with Crippen LogP contribution in [0.25, 0.3) is 5.69 Å². The molecule has 3 nitrogen and oxygen atoms in total. The molecular weight excluding hydrogens is 188 g/mol. The van der Waals surface area contributed by atoms with Gasteiger partial charge in [0.25, 0.3) is 0 Å². The van der Waals surface area contributed by atoms with E-state index in [2.05, 4.69) is 5.10 Å². The molecule has 0 spiro atoms. The fourth-order valence-corrected chi connectivity index (χ4v) is 1.46. The molecule has 15 heavy (non-hydrogen) atoms. The SMILES string of the molecule is Cc1ccn(-c2ccc(C(C)O)cc2)n1. The zero-order valence-electron chi connectivity index (χ0n) is 8.88. The predicted molar refractivity (Wildman–Crippen MR) is 58.9 cm³/mol. The highest BCUT2D eigenvalue weighted by Crippen LogP contribution is 2.14. The van der Waals surface area contributed by atoms with Gasteiger partial charge in [0.2, 0.25) is 0 Å². The highest BCUT2D eigenvalue weighted by Gasteiger charge is 2.01. The van der Waals surface area contributed by atoms with Gasteiger partial charge in [0.05, 0.1) is 17.5 Å². The molecule has 2 aromatic rings. The van der Waals surface area contributed by atoms with E-state index in [1.165, 1.54) is 0 Å². The molecule has 0 amide bonds. The second-order valence-electron chi connectivity index (χ2n) is 3.67. The molecule has 0 aliphatic heterocycles. The lowest BCUT2D eigenvalue weighted by atomic mass is 10.1. The molecule has 0 radical (unpaired) electrons. The smallest absolute Gasteiger partial charge is 0.0761 e. The molecule has 1 heterocycles. The van der Waals surface area contributed by atoms with Gasteiger partial charge >= 0.3 is 0 Å². The fraction of sp³-hybridized carbons (Fsp3) is 0.250. The molecule has 1 atom stereocenters. The van der Waals surface area contributed by atoms with E-state index < -0.39 is 6.10 Å². The number of aryl methyl sites for hydroxylation is 1. The summed E-state index contributed by atoms with van der Waals surface area (Å²) in [5.41, 5.74) is 2.92. The lowest BCUT2D eigenvalue weighted by molar-refractivity contribution is 0.199. The van der Waals surface area contributed by atoms with Gasteiger partial charge in [-0.05, 0) is 37.6 Å². The van der Waals surface area contributed by atoms with Gasteiger partial charge in [0.15, 0.2) is 0 Å². The minimum Gasteiger partial charge on any atom is -0.389 e. The summed E-state index contributed by atoms with van der Waals surface area (Å²) in [6.45, 7) is 3.72. The largest absolute Gasteiger partial charge is 0.389 e. The number of aromatic nitrogens is 2. The Morgan fingerprint density at radius 3 is 2.33 bits per heavy atom. The molecule has 0 bridgehead atoms. The molecule has 78 valence electrons. The van der Waals surface area contributed by atoms with Gasteiger partial charge in [-0.1, -0.05) is 12.1 Å². The topological polar surface area (TPSA) is 38.0 Å². The van der Waals surface area contributed by atoms with E-state index >= 15 is 0 Å². The lowest BCUT2D eigenvalue weighted by Crippen LogP contribution is -1.96. The van der Waals surface area contributed by atoms with Crippen molar-refractivity contribution in [3.63, 3.8) is 0 Å². The molecule has 2 rings (SSSR count). The van der Waals surface area contributed by atoms with Crippen molar-refractivity contribution >= 4 is 0 Å². The van der Waals surface area contributed by atoms with Crippen molar-refractivity contribution in [1.29, 1.82) is 0 Å². The summed E-state index contributed by atoms with van der Waals surface area (Å²) in [4.78, 5) is 0. The van der Waals surface area contributed by atoms with E-state index in [9.17, 15) is 5.11 Å². The maximum absolute atomic E-state index is 9.37. The van der Waals surface area contributed by atoms with Gasteiger partial charge in [0, 0.05) is 6.20 Å². The van der Waals surface area contributed by atoms with Crippen LogP contribution in [0.4, 0.5) is 0 Å². The van der Waals surface area contributed by atoms with Gasteiger partial charge in [-0.3, -0.25) is 0 Å². The molecule has 1 N–H and O–H groups in total. The third-order valence-corrected chi connectivity index (χ3v) is 2.36. The highest BCUT2D eigenvalue weighted by atomic mass is 16.3. The van der Waals surface area contributed by atoms with Gasteiger partial charge in [-0.25, -0.2) is 4.68 Å². The number of nitrogens with zero attached hydrogens (tertiary/aromatic N) is 2. The van der Waals surface area contributed by atoms with E-state index in [-0.39, 0.29) is 0 Å². The van der Waals surface area contributed by atoms with Crippen molar-refractivity contribution in [2.24, 2.45) is 0 Å². The Labute approximate surface area is 89.0 Å². The summed E-state index contributed by atoms with van der Waals surface area (Å²) in [7, 11) is 0. The maximum Gasteiger partial charge on any atom is 0.0761 e. The summed E-state index contributed by atoms with van der Waals surface area (Å²) in [5.74, 6) is 0. The molecule has 0 fully saturated rings. The lowest BCUT2D eigenvalue weighted by Gasteiger charge is -2.06. The average molecular weight is 202 g/mol. The Bertz CT molecular complexity index is 443. The molecule has 1 unspecified atom stereocenters. The van der Waals surface area contributed by atoms with Gasteiger partial charge in [-0.15, -0.1) is 0 Å². The molecule has 0 aliphatic rings. The monoisotopic (exact) mass is 202 g/mol. The van der Waals surface area contributed by atoms with Gasteiger partial charge < -0.3 is 5.11 Å². The van der Waals surface area contributed by atoms with Crippen LogP contribution in [-0.2, 0) is 0 Å². The summed E-state index contributed by atoms with van der Waals surface area (Å²) in [6.07, 6.45) is 1.51. The van der Waals surface area contributed by atoms with Crippen LogP contribution in [0.1, 0.15) is 24.3 Å². The van der Waals surface area contributed by atoms with Crippen LogP contribution in [0.5, 0.6) is 0 Å². The Hall–Kier alpha value is -1.61. The third-order valence-electron chi connectivity index (χ3n) is 2.36. The summed E-state index contributed by atoms with van der Waals surface area (Å²) in [6, 6.07) is 9.69. The zero-order chi connectivity index (χ0) is 10.8. The van der Waals surface area contributed by atoms with Crippen molar-refractivity contribution in [2.75, 3.05) is 0 Å². The summed E-state index contributed by atoms with van der Waals surface area (Å²) in [5, 5.41) is 13.7. The molecule has 1 aromatic heterocycles. The van der Waals surface area contributed by atoms with E-state index in [1.54, 1.807) is 6.92 Å². The average Bonchev–Trinajstić information content (AvgIpc) is 2.65. The molecule has 0 saturated heterocycles. The van der Waals surface area contributed by atoms with Crippen molar-refractivity contribution in [3.05, 3.63) is 47.8 Å². The van der Waals surface area contributed by atoms with E-state index in [0.717, 1.165) is 16.9 Å². The fourth-order valence-electron chi connectivity index (χ4n) is 1.46. The summed E-state index contributed by atoms with van der Waals surface area (Å²) < 4.78 is 1.82. The number of aliphatic hydroxyl groups is 1. The van der Waals surface area contributed by atoms with Crippen molar-refractivity contribution < 1.29 is 5.11 Å². The molecule has 1 aromatic carbocycles. The predicted octanol–water partition coefficient (Wildman–Crippen LogP) is 2.23. The Morgan fingerprint density at radius 2 is 1.87 bits per heavy atom. The second kappa shape index (κ2) is 3.87. The van der Waals surface area contributed by atoms with Crippen LogP contribution in [0.15, 0.2) is 36.5 Å². The molecular formula is C12H14N2O. The minimum atomic E-state index is -0.418. The van der Waals surface area contributed by atoms with E-state index in [4.69, 9.17) is 0 Å². The van der Waals surface area contributed by atoms with Gasteiger partial charge in [-0.2, -0.15) is 5.10 Å². The number of aliphatic hydroxyl groups excluding tert-OH is 1. The number of hydrogen-bond acceptors (Lipinski definition) is 2. The first-order valence-corrected chi connectivity index (χ1v) is 4.97. The number of hydrogen-bond donors (Lipinski definition) is 1. The Kier molecular flexibility index (Phi) is 2.56. The third kappa shape index (κ3) is 2.07. The Balaban J connectivity index is 2.31. The van der Waals surface area contributed by atoms with Crippen LogP contribution in [-0.4, -0.2) is 14.9 Å². The van der Waals surface area contributed by atoms with E-state index in [1.807, 2.05) is 48.1 Å². The normalized spacial score (nSPS) is 12.7. The quantitative estimate of drug-likeness (QED) is 0.811. The molecule has 0 aliphatic carbocycles. The van der Waals surface area contributed by atoms with Crippen LogP contribution >= 0.6 is 0 Å². The van der Waals surface area contributed by atoms with Crippen LogP contribution in [0.2, 0.25) is 0 Å². The standard InChI is InChI=1S/C12H14N2O/c1-9-7-8-14(13-9)12-5-3-11(4-6-12)10(2)15/h3-8,10,15H,1-2H3. The van der Waals surface area contributed by atoms with Gasteiger partial charge in [0.1, 0.15) is 0 Å². The first kappa shape index (κ1) is 9.93. The van der Waals surface area contributed by atoms with Crippen LogP contribution < -0.4 is 0 Å². The maximum atomic E-state index is 9.37. The van der Waals surface area contributed by atoms with Crippen LogP contribution in [0.3, 0.4) is 0 Å². The number of benzene rings is 1. The first-order valence-electron chi connectivity index (χ1n) is 4.97. The highest BCUT2D eigenvalue weighted by molar-refractivity contribution is 5.34. The minimum absolute atomic E-state index is 0.418. The second-order valence-corrected chi connectivity index (χ2v) is 3.67. The number of rotatable bonds is 2. The Morgan fingerprint density at radius 1 is 1.20 bits per heavy atom. The van der Waals surface area contributed by atoms with E-state index in [0.29, 0.717) is 0 Å². The van der Waals surface area contributed by atoms with Crippen molar-refractivity contribution in [3.8, 4) is 5.69 Å². The first-order chi connectivity index (χ1) is 7.16. The molecule has 0 saturated carbocycles. The van der Waals surface area contributed by atoms with Crippen LogP contribution in [0, 0.1) is 6.92 Å². The zero-order valence-corrected chi connectivity index (χ0v) is 8.88.